The Morgan fingerprint density at radius 3 is 2.58 bits per heavy atom. The number of guanidine groups is 1. The lowest BCUT2D eigenvalue weighted by molar-refractivity contribution is 0.358. The molecule has 0 aliphatic carbocycles. The van der Waals surface area contributed by atoms with Crippen molar-refractivity contribution in [2.75, 3.05) is 13.7 Å². The highest BCUT2D eigenvalue weighted by molar-refractivity contribution is 14.0. The number of rotatable bonds is 7. The molecule has 0 amide bonds. The minimum absolute atomic E-state index is 0. The first-order valence-electron chi connectivity index (χ1n) is 7.82. The summed E-state index contributed by atoms with van der Waals surface area (Å²) in [7, 11) is 3.59. The molecule has 142 valence electrons. The molecule has 26 heavy (non-hydrogen) atoms. The molecule has 0 unspecified atom stereocenters. The van der Waals surface area contributed by atoms with Crippen LogP contribution < -0.4 is 15.4 Å². The zero-order chi connectivity index (χ0) is 18.2. The van der Waals surface area contributed by atoms with Gasteiger partial charge in [0.25, 0.3) is 0 Å². The van der Waals surface area contributed by atoms with Crippen molar-refractivity contribution in [2.24, 2.45) is 12.0 Å². The molecule has 8 heteroatoms. The van der Waals surface area contributed by atoms with Crippen LogP contribution in [0.15, 0.2) is 48.0 Å². The summed E-state index contributed by atoms with van der Waals surface area (Å²) >= 11 is 12.1. The largest absolute Gasteiger partial charge is 0.489 e. The number of hydrogen-bond acceptors (Lipinski definition) is 2. The fourth-order valence-electron chi connectivity index (χ4n) is 2.27. The normalized spacial score (nSPS) is 10.8. The first kappa shape index (κ1) is 22.7. The van der Waals surface area contributed by atoms with Crippen molar-refractivity contribution >= 4 is 53.1 Å². The number of nitrogens with one attached hydrogen (secondary N) is 2. The molecule has 2 aromatic rings. The summed E-state index contributed by atoms with van der Waals surface area (Å²) in [5.41, 5.74) is 2.00. The van der Waals surface area contributed by atoms with Gasteiger partial charge in [0.1, 0.15) is 17.5 Å². The van der Waals surface area contributed by atoms with Gasteiger partial charge < -0.3 is 19.9 Å². The van der Waals surface area contributed by atoms with Gasteiger partial charge in [-0.25, -0.2) is 0 Å². The van der Waals surface area contributed by atoms with Gasteiger partial charge >= 0.3 is 0 Å². The maximum absolute atomic E-state index is 6.08. The molecule has 0 bridgehead atoms. The summed E-state index contributed by atoms with van der Waals surface area (Å²) in [6, 6.07) is 9.70. The van der Waals surface area contributed by atoms with E-state index < -0.39 is 0 Å². The minimum atomic E-state index is 0. The van der Waals surface area contributed by atoms with Gasteiger partial charge in [0.2, 0.25) is 0 Å². The molecule has 1 aromatic carbocycles. The van der Waals surface area contributed by atoms with Gasteiger partial charge in [-0.2, -0.15) is 0 Å². The van der Waals surface area contributed by atoms with Gasteiger partial charge in [-0.1, -0.05) is 54.1 Å². The maximum atomic E-state index is 6.08. The van der Waals surface area contributed by atoms with Gasteiger partial charge in [0.15, 0.2) is 5.96 Å². The molecule has 0 atom stereocenters. The molecule has 0 saturated heterocycles. The third kappa shape index (κ3) is 6.10. The van der Waals surface area contributed by atoms with E-state index in [2.05, 4.69) is 22.2 Å². The number of ether oxygens (including phenoxy) is 1. The molecular formula is C18H23Cl2IN4O. The standard InChI is InChI=1S/C18H22Cl2N4O.HI/c1-4-9-25-16-8-6-5-7-13(16)11-22-18(21-2)23-12-14-10-15(19)17(20)24(14)3;/h4-8,10H,1,9,11-12H2,2-3H3,(H2,21,22,23);1H. The van der Waals surface area contributed by atoms with Crippen molar-refractivity contribution in [3.05, 3.63) is 64.4 Å². The molecule has 2 rings (SSSR count). The highest BCUT2D eigenvalue weighted by Gasteiger charge is 2.09. The number of halogens is 3. The molecule has 2 N–H and O–H groups in total. The Morgan fingerprint density at radius 2 is 1.96 bits per heavy atom. The summed E-state index contributed by atoms with van der Waals surface area (Å²) in [6.07, 6.45) is 1.72. The van der Waals surface area contributed by atoms with Crippen molar-refractivity contribution in [1.82, 2.24) is 15.2 Å². The lowest BCUT2D eigenvalue weighted by Gasteiger charge is -2.14. The van der Waals surface area contributed by atoms with Crippen LogP contribution in [0.2, 0.25) is 10.2 Å². The van der Waals surface area contributed by atoms with Crippen LogP contribution >= 0.6 is 47.2 Å². The summed E-state index contributed by atoms with van der Waals surface area (Å²) in [5, 5.41) is 7.58. The molecule has 0 saturated carbocycles. The zero-order valence-electron chi connectivity index (χ0n) is 14.8. The fourth-order valence-corrected chi connectivity index (χ4v) is 2.69. The fraction of sp³-hybridized carbons (Fsp3) is 0.278. The summed E-state index contributed by atoms with van der Waals surface area (Å²) in [6.45, 7) is 5.28. The second-order valence-corrected chi connectivity index (χ2v) is 6.09. The van der Waals surface area contributed by atoms with Crippen LogP contribution in [0.4, 0.5) is 0 Å². The molecule has 0 spiro atoms. The van der Waals surface area contributed by atoms with E-state index in [9.17, 15) is 0 Å². The lowest BCUT2D eigenvalue weighted by Crippen LogP contribution is -2.36. The Balaban J connectivity index is 0.00000338. The van der Waals surface area contributed by atoms with Crippen molar-refractivity contribution < 1.29 is 4.74 Å². The summed E-state index contributed by atoms with van der Waals surface area (Å²) in [4.78, 5) is 4.23. The number of benzene rings is 1. The van der Waals surface area contributed by atoms with Crippen LogP contribution in [-0.4, -0.2) is 24.2 Å². The molecule has 1 aromatic heterocycles. The second-order valence-electron chi connectivity index (χ2n) is 5.32. The van der Waals surface area contributed by atoms with Gasteiger partial charge in [-0.05, 0) is 12.1 Å². The van der Waals surface area contributed by atoms with Crippen LogP contribution in [0, 0.1) is 0 Å². The third-order valence-electron chi connectivity index (χ3n) is 3.65. The lowest BCUT2D eigenvalue weighted by atomic mass is 10.2. The molecule has 0 radical (unpaired) electrons. The van der Waals surface area contributed by atoms with E-state index in [1.54, 1.807) is 13.1 Å². The number of aromatic nitrogens is 1. The average molecular weight is 509 g/mol. The Morgan fingerprint density at radius 1 is 1.27 bits per heavy atom. The van der Waals surface area contributed by atoms with E-state index in [1.165, 1.54) is 0 Å². The highest BCUT2D eigenvalue weighted by Crippen LogP contribution is 2.24. The van der Waals surface area contributed by atoms with E-state index in [0.29, 0.717) is 35.8 Å². The smallest absolute Gasteiger partial charge is 0.191 e. The number of aliphatic imine (C=N–C) groups is 1. The van der Waals surface area contributed by atoms with E-state index in [-0.39, 0.29) is 24.0 Å². The SMILES string of the molecule is C=CCOc1ccccc1CNC(=NC)NCc1cc(Cl)c(Cl)n1C.I. The summed E-state index contributed by atoms with van der Waals surface area (Å²) in [5.74, 6) is 1.50. The topological polar surface area (TPSA) is 50.6 Å². The van der Waals surface area contributed by atoms with Gasteiger partial charge in [0, 0.05) is 31.9 Å². The third-order valence-corrected chi connectivity index (χ3v) is 4.49. The zero-order valence-corrected chi connectivity index (χ0v) is 18.6. The quantitative estimate of drug-likeness (QED) is 0.252. The van der Waals surface area contributed by atoms with Crippen LogP contribution in [-0.2, 0) is 20.1 Å². The molecule has 0 fully saturated rings. The Labute approximate surface area is 181 Å². The van der Waals surface area contributed by atoms with Crippen molar-refractivity contribution in [3.63, 3.8) is 0 Å². The maximum Gasteiger partial charge on any atom is 0.191 e. The first-order valence-corrected chi connectivity index (χ1v) is 8.58. The highest BCUT2D eigenvalue weighted by atomic mass is 127. The van der Waals surface area contributed by atoms with Gasteiger partial charge in [-0.3, -0.25) is 4.99 Å². The molecule has 0 aliphatic rings. The van der Waals surface area contributed by atoms with Crippen LogP contribution in [0.3, 0.4) is 0 Å². The first-order chi connectivity index (χ1) is 12.1. The Kier molecular flexibility index (Phi) is 9.90. The number of para-hydroxylation sites is 1. The Hall–Kier alpha value is -1.38. The van der Waals surface area contributed by atoms with Crippen LogP contribution in [0.5, 0.6) is 5.75 Å². The molecular weight excluding hydrogens is 486 g/mol. The average Bonchev–Trinajstić information content (AvgIpc) is 2.87. The van der Waals surface area contributed by atoms with Crippen molar-refractivity contribution in [3.8, 4) is 5.75 Å². The second kappa shape index (κ2) is 11.4. The van der Waals surface area contributed by atoms with E-state index in [1.807, 2.05) is 41.9 Å². The van der Waals surface area contributed by atoms with E-state index in [0.717, 1.165) is 17.0 Å². The summed E-state index contributed by atoms with van der Waals surface area (Å²) < 4.78 is 7.50. The monoisotopic (exact) mass is 508 g/mol. The van der Waals surface area contributed by atoms with Crippen molar-refractivity contribution in [2.45, 2.75) is 13.1 Å². The molecule has 1 heterocycles. The number of hydrogen-bond donors (Lipinski definition) is 2. The van der Waals surface area contributed by atoms with Crippen LogP contribution in [0.1, 0.15) is 11.3 Å². The predicted octanol–water partition coefficient (Wildman–Crippen LogP) is 4.38. The van der Waals surface area contributed by atoms with Crippen molar-refractivity contribution in [1.29, 1.82) is 0 Å². The van der Waals surface area contributed by atoms with Gasteiger partial charge in [0.05, 0.1) is 11.6 Å². The van der Waals surface area contributed by atoms with E-state index >= 15 is 0 Å². The molecule has 5 nitrogen and oxygen atoms in total. The Bertz CT molecular complexity index is 762. The molecule has 0 aliphatic heterocycles. The number of nitrogens with zero attached hydrogens (tertiary/aromatic N) is 2. The van der Waals surface area contributed by atoms with Crippen LogP contribution in [0.25, 0.3) is 0 Å². The van der Waals surface area contributed by atoms with Gasteiger partial charge in [-0.15, -0.1) is 24.0 Å². The predicted molar refractivity (Wildman–Crippen MR) is 120 cm³/mol. The minimum Gasteiger partial charge on any atom is -0.489 e. The van der Waals surface area contributed by atoms with E-state index in [4.69, 9.17) is 27.9 Å².